The van der Waals surface area contributed by atoms with Gasteiger partial charge in [0.25, 0.3) is 0 Å². The van der Waals surface area contributed by atoms with Gasteiger partial charge < -0.3 is 10.1 Å². The van der Waals surface area contributed by atoms with Gasteiger partial charge in [0.2, 0.25) is 0 Å². The first kappa shape index (κ1) is 10.4. The molecule has 3 rings (SSSR count). The van der Waals surface area contributed by atoms with E-state index in [1.807, 2.05) is 30.3 Å². The summed E-state index contributed by atoms with van der Waals surface area (Å²) in [6.45, 7) is 1.95. The van der Waals surface area contributed by atoms with Crippen LogP contribution in [-0.2, 0) is 0 Å². The quantitative estimate of drug-likeness (QED) is 0.844. The molecular weight excluding hydrogens is 214 g/mol. The highest BCUT2D eigenvalue weighted by Crippen LogP contribution is 2.28. The van der Waals surface area contributed by atoms with Gasteiger partial charge in [-0.2, -0.15) is 5.10 Å². The van der Waals surface area contributed by atoms with Crippen molar-refractivity contribution in [3.05, 3.63) is 36.5 Å². The number of hydrogen-bond acceptors (Lipinski definition) is 3. The topological polar surface area (TPSA) is 49.9 Å². The monoisotopic (exact) mass is 229 g/mol. The Hall–Kier alpha value is -1.81. The standard InChI is InChI=1S/C13H15N3O/c1-2-4-10(5-3-1)13-12(9-15-16-13)17-11-6-7-14-8-11/h1-5,9,11,14H,6-8H2,(H,15,16). The number of nitrogens with one attached hydrogen (secondary N) is 2. The number of benzene rings is 1. The van der Waals surface area contributed by atoms with Crippen LogP contribution in [0, 0.1) is 0 Å². The third-order valence-electron chi connectivity index (χ3n) is 2.98. The van der Waals surface area contributed by atoms with Gasteiger partial charge in [0, 0.05) is 12.1 Å². The van der Waals surface area contributed by atoms with E-state index in [9.17, 15) is 0 Å². The van der Waals surface area contributed by atoms with E-state index in [2.05, 4.69) is 15.5 Å². The molecule has 2 aromatic rings. The zero-order valence-corrected chi connectivity index (χ0v) is 9.52. The average molecular weight is 229 g/mol. The number of aromatic nitrogens is 2. The minimum Gasteiger partial charge on any atom is -0.485 e. The largest absolute Gasteiger partial charge is 0.485 e. The van der Waals surface area contributed by atoms with Crippen molar-refractivity contribution in [3.8, 4) is 17.0 Å². The molecule has 0 bridgehead atoms. The molecule has 4 heteroatoms. The Morgan fingerprint density at radius 1 is 1.24 bits per heavy atom. The smallest absolute Gasteiger partial charge is 0.165 e. The van der Waals surface area contributed by atoms with E-state index >= 15 is 0 Å². The Balaban J connectivity index is 1.84. The second-order valence-electron chi connectivity index (χ2n) is 4.21. The Kier molecular flexibility index (Phi) is 2.80. The van der Waals surface area contributed by atoms with Crippen molar-refractivity contribution < 1.29 is 4.74 Å². The second kappa shape index (κ2) is 4.59. The van der Waals surface area contributed by atoms with Crippen LogP contribution in [-0.4, -0.2) is 29.4 Å². The second-order valence-corrected chi connectivity index (χ2v) is 4.21. The summed E-state index contributed by atoms with van der Waals surface area (Å²) >= 11 is 0. The molecule has 0 spiro atoms. The molecule has 17 heavy (non-hydrogen) atoms. The van der Waals surface area contributed by atoms with Gasteiger partial charge in [-0.05, 0) is 13.0 Å². The van der Waals surface area contributed by atoms with Crippen LogP contribution in [0.4, 0.5) is 0 Å². The summed E-state index contributed by atoms with van der Waals surface area (Å²) in [5.74, 6) is 0.838. The van der Waals surface area contributed by atoms with Crippen LogP contribution in [0.2, 0.25) is 0 Å². The number of hydrogen-bond donors (Lipinski definition) is 2. The van der Waals surface area contributed by atoms with E-state index < -0.39 is 0 Å². The lowest BCUT2D eigenvalue weighted by atomic mass is 10.1. The highest BCUT2D eigenvalue weighted by molar-refractivity contribution is 5.65. The van der Waals surface area contributed by atoms with Gasteiger partial charge in [-0.3, -0.25) is 5.10 Å². The van der Waals surface area contributed by atoms with Gasteiger partial charge >= 0.3 is 0 Å². The van der Waals surface area contributed by atoms with Crippen molar-refractivity contribution in [2.45, 2.75) is 12.5 Å². The third kappa shape index (κ3) is 2.17. The summed E-state index contributed by atoms with van der Waals surface area (Å²) in [6, 6.07) is 10.1. The van der Waals surface area contributed by atoms with Crippen molar-refractivity contribution in [2.24, 2.45) is 0 Å². The third-order valence-corrected chi connectivity index (χ3v) is 2.98. The molecule has 1 unspecified atom stereocenters. The lowest BCUT2D eigenvalue weighted by molar-refractivity contribution is 0.224. The first-order valence-electron chi connectivity index (χ1n) is 5.89. The molecule has 1 fully saturated rings. The Bertz CT molecular complexity index is 474. The predicted molar refractivity (Wildman–Crippen MR) is 65.9 cm³/mol. The zero-order chi connectivity index (χ0) is 11.5. The Morgan fingerprint density at radius 2 is 2.12 bits per heavy atom. The zero-order valence-electron chi connectivity index (χ0n) is 9.52. The molecule has 0 amide bonds. The molecule has 1 atom stereocenters. The van der Waals surface area contributed by atoms with E-state index in [-0.39, 0.29) is 6.10 Å². The predicted octanol–water partition coefficient (Wildman–Crippen LogP) is 1.82. The fraction of sp³-hybridized carbons (Fsp3) is 0.308. The van der Waals surface area contributed by atoms with Crippen molar-refractivity contribution in [1.82, 2.24) is 15.5 Å². The Labute approximate surface area is 100 Å². The van der Waals surface area contributed by atoms with E-state index in [1.165, 1.54) is 0 Å². The highest BCUT2D eigenvalue weighted by Gasteiger charge is 2.18. The molecule has 2 heterocycles. The van der Waals surface area contributed by atoms with E-state index in [0.29, 0.717) is 0 Å². The molecule has 4 nitrogen and oxygen atoms in total. The van der Waals surface area contributed by atoms with Crippen molar-refractivity contribution in [3.63, 3.8) is 0 Å². The van der Waals surface area contributed by atoms with Crippen LogP contribution in [0.3, 0.4) is 0 Å². The fourth-order valence-corrected chi connectivity index (χ4v) is 2.08. The lowest BCUT2D eigenvalue weighted by Crippen LogP contribution is -2.19. The van der Waals surface area contributed by atoms with Gasteiger partial charge in [0.15, 0.2) is 5.75 Å². The van der Waals surface area contributed by atoms with Gasteiger partial charge in [0.05, 0.1) is 6.20 Å². The molecule has 2 N–H and O–H groups in total. The van der Waals surface area contributed by atoms with Crippen LogP contribution in [0.5, 0.6) is 5.75 Å². The first-order valence-corrected chi connectivity index (χ1v) is 5.89. The number of rotatable bonds is 3. The van der Waals surface area contributed by atoms with Crippen LogP contribution >= 0.6 is 0 Å². The highest BCUT2D eigenvalue weighted by atomic mass is 16.5. The normalized spacial score (nSPS) is 19.4. The molecular formula is C13H15N3O. The number of aromatic amines is 1. The minimum atomic E-state index is 0.259. The molecule has 1 aliphatic heterocycles. The number of ether oxygens (including phenoxy) is 1. The maximum atomic E-state index is 5.94. The fourth-order valence-electron chi connectivity index (χ4n) is 2.08. The summed E-state index contributed by atoms with van der Waals surface area (Å²) in [5.41, 5.74) is 2.06. The summed E-state index contributed by atoms with van der Waals surface area (Å²) in [4.78, 5) is 0. The van der Waals surface area contributed by atoms with Crippen LogP contribution in [0.25, 0.3) is 11.3 Å². The molecule has 1 aromatic carbocycles. The summed E-state index contributed by atoms with van der Waals surface area (Å²) < 4.78 is 5.94. The van der Waals surface area contributed by atoms with Crippen molar-refractivity contribution in [1.29, 1.82) is 0 Å². The first-order chi connectivity index (χ1) is 8.43. The average Bonchev–Trinajstić information content (AvgIpc) is 3.02. The molecule has 1 aromatic heterocycles. The van der Waals surface area contributed by atoms with Gasteiger partial charge in [0.1, 0.15) is 11.8 Å². The van der Waals surface area contributed by atoms with Gasteiger partial charge in [-0.1, -0.05) is 30.3 Å². The van der Waals surface area contributed by atoms with E-state index in [4.69, 9.17) is 4.74 Å². The van der Waals surface area contributed by atoms with Gasteiger partial charge in [-0.15, -0.1) is 0 Å². The molecule has 0 saturated carbocycles. The Morgan fingerprint density at radius 3 is 2.88 bits per heavy atom. The maximum absolute atomic E-state index is 5.94. The minimum absolute atomic E-state index is 0.259. The van der Waals surface area contributed by atoms with E-state index in [1.54, 1.807) is 6.20 Å². The molecule has 1 aliphatic rings. The summed E-state index contributed by atoms with van der Waals surface area (Å²) in [7, 11) is 0. The molecule has 1 saturated heterocycles. The SMILES string of the molecule is c1ccc(-c2[nH]ncc2OC2CCNC2)cc1. The molecule has 0 radical (unpaired) electrons. The van der Waals surface area contributed by atoms with Crippen molar-refractivity contribution in [2.75, 3.05) is 13.1 Å². The molecule has 0 aliphatic carbocycles. The number of nitrogens with zero attached hydrogens (tertiary/aromatic N) is 1. The summed E-state index contributed by atoms with van der Waals surface area (Å²) in [5, 5.41) is 10.4. The summed E-state index contributed by atoms with van der Waals surface area (Å²) in [6.07, 6.45) is 3.06. The maximum Gasteiger partial charge on any atom is 0.165 e. The number of H-pyrrole nitrogens is 1. The lowest BCUT2D eigenvalue weighted by Gasteiger charge is -2.12. The van der Waals surface area contributed by atoms with Crippen LogP contribution < -0.4 is 10.1 Å². The van der Waals surface area contributed by atoms with E-state index in [0.717, 1.165) is 36.5 Å². The van der Waals surface area contributed by atoms with Crippen molar-refractivity contribution >= 4 is 0 Å². The van der Waals surface area contributed by atoms with Crippen LogP contribution in [0.15, 0.2) is 36.5 Å². The van der Waals surface area contributed by atoms with Gasteiger partial charge in [-0.25, -0.2) is 0 Å². The van der Waals surface area contributed by atoms with Crippen LogP contribution in [0.1, 0.15) is 6.42 Å². The molecule has 88 valence electrons.